The van der Waals surface area contributed by atoms with Gasteiger partial charge in [-0.25, -0.2) is 9.78 Å². The summed E-state index contributed by atoms with van der Waals surface area (Å²) >= 11 is 0. The van der Waals surface area contributed by atoms with Crippen LogP contribution in [0.2, 0.25) is 0 Å². The predicted molar refractivity (Wildman–Crippen MR) is 122 cm³/mol. The number of unbranched alkanes of at least 4 members (excludes halogenated alkanes) is 1. The Balaban J connectivity index is 1.80. The third kappa shape index (κ3) is 4.15. The van der Waals surface area contributed by atoms with Crippen molar-refractivity contribution in [1.82, 2.24) is 9.55 Å². The molecule has 31 heavy (non-hydrogen) atoms. The molecule has 0 spiro atoms. The van der Waals surface area contributed by atoms with Gasteiger partial charge < -0.3 is 14.8 Å². The van der Waals surface area contributed by atoms with Crippen LogP contribution in [0.1, 0.15) is 52.1 Å². The van der Waals surface area contributed by atoms with E-state index in [0.717, 1.165) is 40.9 Å². The van der Waals surface area contributed by atoms with Crippen molar-refractivity contribution in [1.29, 1.82) is 0 Å². The Kier molecular flexibility index (Phi) is 5.98. The maximum Gasteiger partial charge on any atom is 0.338 e. The number of carbonyl (C=O) groups excluding carboxylic acids is 1. The van der Waals surface area contributed by atoms with Gasteiger partial charge in [-0.15, -0.1) is 0 Å². The summed E-state index contributed by atoms with van der Waals surface area (Å²) < 4.78 is 13.5. The molecule has 6 heteroatoms. The number of benzene rings is 2. The maximum atomic E-state index is 13.1. The maximum absolute atomic E-state index is 13.1. The van der Waals surface area contributed by atoms with Crippen molar-refractivity contribution in [3.05, 3.63) is 65.4 Å². The number of aromatic nitrogens is 2. The lowest BCUT2D eigenvalue weighted by Crippen LogP contribution is -2.29. The highest BCUT2D eigenvalue weighted by Crippen LogP contribution is 2.40. The zero-order valence-electron chi connectivity index (χ0n) is 18.5. The highest BCUT2D eigenvalue weighted by molar-refractivity contribution is 5.94. The number of imidazole rings is 1. The molecule has 1 aromatic heterocycles. The number of ether oxygens (including phenoxy) is 2. The minimum Gasteiger partial charge on any atom is -0.494 e. The first kappa shape index (κ1) is 21.0. The number of para-hydroxylation sites is 2. The van der Waals surface area contributed by atoms with Crippen molar-refractivity contribution in [3.8, 4) is 5.75 Å². The van der Waals surface area contributed by atoms with Crippen molar-refractivity contribution in [2.24, 2.45) is 0 Å². The Morgan fingerprint density at radius 2 is 1.90 bits per heavy atom. The third-order valence-corrected chi connectivity index (χ3v) is 5.36. The van der Waals surface area contributed by atoms with E-state index in [1.165, 1.54) is 0 Å². The van der Waals surface area contributed by atoms with Crippen LogP contribution < -0.4 is 10.1 Å². The van der Waals surface area contributed by atoms with Gasteiger partial charge in [0.25, 0.3) is 0 Å². The summed E-state index contributed by atoms with van der Waals surface area (Å²) in [5.41, 5.74) is 4.15. The summed E-state index contributed by atoms with van der Waals surface area (Å²) in [7, 11) is 0. The lowest BCUT2D eigenvalue weighted by atomic mass is 9.95. The Morgan fingerprint density at radius 1 is 1.16 bits per heavy atom. The first-order valence-corrected chi connectivity index (χ1v) is 10.9. The second-order valence-electron chi connectivity index (χ2n) is 8.09. The molecule has 0 amide bonds. The standard InChI is InChI=1S/C25H29N3O3/c1-5-6-15-30-19-13-11-18(12-14-19)23-22(24(29)31-16(2)3)17(4)26-25-27-20-9-7-8-10-21(20)28(23)25/h7-14,16,23H,5-6,15H2,1-4H3,(H,26,27)/t23-/m0/s1. The molecule has 3 aromatic rings. The van der Waals surface area contributed by atoms with Crippen LogP contribution in [-0.4, -0.2) is 28.2 Å². The molecule has 0 saturated heterocycles. The summed E-state index contributed by atoms with van der Waals surface area (Å²) in [6, 6.07) is 15.6. The van der Waals surface area contributed by atoms with Gasteiger partial charge in [-0.05, 0) is 57.0 Å². The van der Waals surface area contributed by atoms with E-state index in [1.54, 1.807) is 0 Å². The number of nitrogens with one attached hydrogen (secondary N) is 1. The van der Waals surface area contributed by atoms with Gasteiger partial charge in [0.15, 0.2) is 0 Å². The lowest BCUT2D eigenvalue weighted by Gasteiger charge is -2.30. The molecular formula is C25H29N3O3. The molecule has 6 nitrogen and oxygen atoms in total. The van der Waals surface area contributed by atoms with E-state index in [4.69, 9.17) is 14.5 Å². The van der Waals surface area contributed by atoms with E-state index in [0.29, 0.717) is 18.1 Å². The molecule has 2 heterocycles. The van der Waals surface area contributed by atoms with E-state index in [9.17, 15) is 4.79 Å². The summed E-state index contributed by atoms with van der Waals surface area (Å²) in [6.07, 6.45) is 1.91. The lowest BCUT2D eigenvalue weighted by molar-refractivity contribution is -0.143. The van der Waals surface area contributed by atoms with Crippen molar-refractivity contribution in [2.75, 3.05) is 11.9 Å². The van der Waals surface area contributed by atoms with E-state index >= 15 is 0 Å². The number of carbonyl (C=O) groups is 1. The molecule has 1 N–H and O–H groups in total. The highest BCUT2D eigenvalue weighted by Gasteiger charge is 2.35. The van der Waals surface area contributed by atoms with Crippen molar-refractivity contribution >= 4 is 23.0 Å². The van der Waals surface area contributed by atoms with Crippen molar-refractivity contribution < 1.29 is 14.3 Å². The summed E-state index contributed by atoms with van der Waals surface area (Å²) in [6.45, 7) is 8.46. The Bertz CT molecular complexity index is 1110. The fourth-order valence-electron chi connectivity index (χ4n) is 3.90. The fourth-order valence-corrected chi connectivity index (χ4v) is 3.90. The minimum atomic E-state index is -0.348. The molecule has 2 aromatic carbocycles. The number of esters is 1. The minimum absolute atomic E-state index is 0.205. The number of fused-ring (bicyclic) bond motifs is 3. The van der Waals surface area contributed by atoms with Gasteiger partial charge in [0, 0.05) is 5.70 Å². The normalized spacial score (nSPS) is 15.7. The monoisotopic (exact) mass is 419 g/mol. The first-order chi connectivity index (χ1) is 15.0. The zero-order chi connectivity index (χ0) is 22.0. The fraction of sp³-hybridized carbons (Fsp3) is 0.360. The molecule has 1 atom stereocenters. The van der Waals surface area contributed by atoms with Gasteiger partial charge in [-0.2, -0.15) is 0 Å². The van der Waals surface area contributed by atoms with Crippen LogP contribution in [0.15, 0.2) is 59.8 Å². The van der Waals surface area contributed by atoms with Gasteiger partial charge >= 0.3 is 5.97 Å². The second kappa shape index (κ2) is 8.84. The molecule has 0 radical (unpaired) electrons. The summed E-state index contributed by atoms with van der Waals surface area (Å²) in [5.74, 6) is 1.22. The molecule has 0 unspecified atom stereocenters. The quantitative estimate of drug-likeness (QED) is 0.407. The first-order valence-electron chi connectivity index (χ1n) is 10.9. The SMILES string of the molecule is CCCCOc1ccc([C@H]2C(C(=O)OC(C)C)=C(C)Nc3nc4ccccc4n32)cc1. The van der Waals surface area contributed by atoms with Crippen LogP contribution in [0.3, 0.4) is 0 Å². The average Bonchev–Trinajstić information content (AvgIpc) is 3.10. The average molecular weight is 420 g/mol. The number of hydrogen-bond acceptors (Lipinski definition) is 5. The van der Waals surface area contributed by atoms with Crippen molar-refractivity contribution in [3.63, 3.8) is 0 Å². The molecule has 0 fully saturated rings. The Hall–Kier alpha value is -3.28. The zero-order valence-corrected chi connectivity index (χ0v) is 18.5. The van der Waals surface area contributed by atoms with Gasteiger partial charge in [0.05, 0.1) is 35.4 Å². The van der Waals surface area contributed by atoms with Crippen molar-refractivity contribution in [2.45, 2.75) is 52.7 Å². The smallest absolute Gasteiger partial charge is 0.338 e. The van der Waals surface area contributed by atoms with Crippen LogP contribution in [-0.2, 0) is 9.53 Å². The molecule has 0 bridgehead atoms. The van der Waals surface area contributed by atoms with Crippen LogP contribution in [0, 0.1) is 0 Å². The molecule has 4 rings (SSSR count). The molecule has 1 aliphatic rings. The predicted octanol–water partition coefficient (Wildman–Crippen LogP) is 5.46. The summed E-state index contributed by atoms with van der Waals surface area (Å²) in [5, 5.41) is 3.30. The van der Waals surface area contributed by atoms with E-state index in [2.05, 4.69) is 16.8 Å². The highest BCUT2D eigenvalue weighted by atomic mass is 16.5. The topological polar surface area (TPSA) is 65.4 Å². The van der Waals surface area contributed by atoms with Crippen LogP contribution in [0.25, 0.3) is 11.0 Å². The van der Waals surface area contributed by atoms with E-state index in [1.807, 2.05) is 69.3 Å². The number of nitrogens with zero attached hydrogens (tertiary/aromatic N) is 2. The van der Waals surface area contributed by atoms with Gasteiger partial charge in [-0.3, -0.25) is 4.57 Å². The second-order valence-corrected chi connectivity index (χ2v) is 8.09. The Labute approximate surface area is 182 Å². The summed E-state index contributed by atoms with van der Waals surface area (Å²) in [4.78, 5) is 17.9. The molecular weight excluding hydrogens is 390 g/mol. The van der Waals surface area contributed by atoms with Gasteiger partial charge in [0.2, 0.25) is 5.95 Å². The largest absolute Gasteiger partial charge is 0.494 e. The van der Waals surface area contributed by atoms with Crippen LogP contribution in [0.4, 0.5) is 5.95 Å². The Morgan fingerprint density at radius 3 is 2.61 bits per heavy atom. The molecule has 0 aliphatic carbocycles. The van der Waals surface area contributed by atoms with Crippen LogP contribution >= 0.6 is 0 Å². The van der Waals surface area contributed by atoms with Crippen LogP contribution in [0.5, 0.6) is 5.75 Å². The van der Waals surface area contributed by atoms with E-state index in [-0.39, 0.29) is 18.1 Å². The number of rotatable bonds is 7. The van der Waals surface area contributed by atoms with E-state index < -0.39 is 0 Å². The number of anilines is 1. The number of allylic oxidation sites excluding steroid dienone is 1. The molecule has 1 aliphatic heterocycles. The molecule has 162 valence electrons. The number of hydrogen-bond donors (Lipinski definition) is 1. The van der Waals surface area contributed by atoms with Gasteiger partial charge in [0.1, 0.15) is 5.75 Å². The molecule has 0 saturated carbocycles. The van der Waals surface area contributed by atoms with Gasteiger partial charge in [-0.1, -0.05) is 37.6 Å². The third-order valence-electron chi connectivity index (χ3n) is 5.36.